The lowest BCUT2D eigenvalue weighted by molar-refractivity contribution is 0.133. The number of nitrogens with one attached hydrogen (secondary N) is 1. The van der Waals surface area contributed by atoms with E-state index in [0.717, 1.165) is 16.7 Å². The van der Waals surface area contributed by atoms with E-state index < -0.39 is 0 Å². The normalized spacial score (nSPS) is 11.3. The first-order valence-electron chi connectivity index (χ1n) is 8.57. The minimum absolute atomic E-state index is 0.394. The molecule has 0 amide bonds. The number of nitrogens with zero attached hydrogens (tertiary/aromatic N) is 1. The van der Waals surface area contributed by atoms with Crippen molar-refractivity contribution in [2.45, 2.75) is 26.6 Å². The highest BCUT2D eigenvalue weighted by Gasteiger charge is 2.05. The Kier molecular flexibility index (Phi) is 7.76. The number of guanidine groups is 1. The van der Waals surface area contributed by atoms with Crippen molar-refractivity contribution in [2.75, 3.05) is 20.8 Å². The molecule has 0 fully saturated rings. The molecule has 6 nitrogen and oxygen atoms in total. The summed E-state index contributed by atoms with van der Waals surface area (Å²) in [6, 6.07) is 13.8. The maximum Gasteiger partial charge on any atom is 0.189 e. The molecule has 0 unspecified atom stereocenters. The number of ether oxygens (including phenoxy) is 3. The van der Waals surface area contributed by atoms with E-state index in [4.69, 9.17) is 19.9 Å². The number of nitrogens with two attached hydrogens (primary N) is 1. The summed E-state index contributed by atoms with van der Waals surface area (Å²) in [5.41, 5.74) is 9.28. The maximum absolute atomic E-state index is 6.00. The van der Waals surface area contributed by atoms with E-state index in [9.17, 15) is 0 Å². The molecular formula is C20H27N3O3. The predicted molar refractivity (Wildman–Crippen MR) is 103 cm³/mol. The van der Waals surface area contributed by atoms with Gasteiger partial charge in [-0.1, -0.05) is 30.3 Å². The topological polar surface area (TPSA) is 78.1 Å². The first-order chi connectivity index (χ1) is 12.7. The van der Waals surface area contributed by atoms with Crippen LogP contribution >= 0.6 is 0 Å². The standard InChI is InChI=1S/C20H27N3O3/c1-4-26-14-17-8-6-5-7-16(17)13-23-20(21)22-12-15-9-10-18(24-2)19(11-15)25-3/h5-11H,4,12-14H2,1-3H3,(H3,21,22,23). The van der Waals surface area contributed by atoms with Gasteiger partial charge in [-0.25, -0.2) is 4.99 Å². The molecule has 2 rings (SSSR count). The molecule has 0 saturated carbocycles. The van der Waals surface area contributed by atoms with Crippen LogP contribution in [0.2, 0.25) is 0 Å². The fourth-order valence-electron chi connectivity index (χ4n) is 2.48. The van der Waals surface area contributed by atoms with Gasteiger partial charge in [0.05, 0.1) is 27.4 Å². The molecule has 2 aromatic carbocycles. The SMILES string of the molecule is CCOCc1ccccc1CNC(N)=NCc1ccc(OC)c(OC)c1. The summed E-state index contributed by atoms with van der Waals surface area (Å²) in [6.45, 7) is 4.33. The van der Waals surface area contributed by atoms with Crippen molar-refractivity contribution < 1.29 is 14.2 Å². The molecule has 6 heteroatoms. The lowest BCUT2D eigenvalue weighted by atomic mass is 10.1. The average Bonchev–Trinajstić information content (AvgIpc) is 2.69. The van der Waals surface area contributed by atoms with Crippen molar-refractivity contribution >= 4 is 5.96 Å². The minimum Gasteiger partial charge on any atom is -0.493 e. The smallest absolute Gasteiger partial charge is 0.189 e. The molecule has 0 aliphatic rings. The monoisotopic (exact) mass is 357 g/mol. The van der Waals surface area contributed by atoms with Crippen LogP contribution in [0.4, 0.5) is 0 Å². The largest absolute Gasteiger partial charge is 0.493 e. The van der Waals surface area contributed by atoms with E-state index >= 15 is 0 Å². The lowest BCUT2D eigenvalue weighted by Crippen LogP contribution is -2.31. The van der Waals surface area contributed by atoms with Crippen molar-refractivity contribution in [2.24, 2.45) is 10.7 Å². The van der Waals surface area contributed by atoms with E-state index in [1.807, 2.05) is 37.3 Å². The Labute approximate surface area is 155 Å². The van der Waals surface area contributed by atoms with Crippen LogP contribution in [0, 0.1) is 0 Å². The van der Waals surface area contributed by atoms with Gasteiger partial charge in [-0.15, -0.1) is 0 Å². The molecule has 0 saturated heterocycles. The first kappa shape index (κ1) is 19.6. The molecule has 0 atom stereocenters. The van der Waals surface area contributed by atoms with Crippen LogP contribution in [0.3, 0.4) is 0 Å². The molecule has 0 radical (unpaired) electrons. The highest BCUT2D eigenvalue weighted by atomic mass is 16.5. The van der Waals surface area contributed by atoms with Crippen LogP contribution in [-0.2, 0) is 24.4 Å². The van der Waals surface area contributed by atoms with Gasteiger partial charge in [0, 0.05) is 13.2 Å². The van der Waals surface area contributed by atoms with E-state index in [1.165, 1.54) is 0 Å². The summed E-state index contributed by atoms with van der Waals surface area (Å²) >= 11 is 0. The van der Waals surface area contributed by atoms with E-state index in [1.54, 1.807) is 14.2 Å². The highest BCUT2D eigenvalue weighted by Crippen LogP contribution is 2.27. The van der Waals surface area contributed by atoms with Gasteiger partial charge in [-0.05, 0) is 35.7 Å². The summed E-state index contributed by atoms with van der Waals surface area (Å²) in [5.74, 6) is 1.76. The second-order valence-electron chi connectivity index (χ2n) is 5.65. The Morgan fingerprint density at radius 3 is 2.46 bits per heavy atom. The van der Waals surface area contributed by atoms with Crippen LogP contribution in [-0.4, -0.2) is 26.8 Å². The first-order valence-corrected chi connectivity index (χ1v) is 8.57. The number of hydrogen-bond acceptors (Lipinski definition) is 4. The van der Waals surface area contributed by atoms with E-state index in [0.29, 0.717) is 43.8 Å². The van der Waals surface area contributed by atoms with Crippen molar-refractivity contribution in [1.29, 1.82) is 0 Å². The van der Waals surface area contributed by atoms with Crippen LogP contribution in [0.5, 0.6) is 11.5 Å². The highest BCUT2D eigenvalue weighted by molar-refractivity contribution is 5.77. The summed E-state index contributed by atoms with van der Waals surface area (Å²) in [6.07, 6.45) is 0. The van der Waals surface area contributed by atoms with Gasteiger partial charge in [0.2, 0.25) is 0 Å². The zero-order valence-corrected chi connectivity index (χ0v) is 15.6. The van der Waals surface area contributed by atoms with Crippen molar-refractivity contribution in [1.82, 2.24) is 5.32 Å². The third kappa shape index (κ3) is 5.67. The van der Waals surface area contributed by atoms with Gasteiger partial charge < -0.3 is 25.3 Å². The van der Waals surface area contributed by atoms with Crippen LogP contribution < -0.4 is 20.5 Å². The second kappa shape index (κ2) is 10.3. The van der Waals surface area contributed by atoms with E-state index in [2.05, 4.69) is 22.4 Å². The van der Waals surface area contributed by atoms with E-state index in [-0.39, 0.29) is 0 Å². The van der Waals surface area contributed by atoms with Crippen LogP contribution in [0.15, 0.2) is 47.5 Å². The van der Waals surface area contributed by atoms with Gasteiger partial charge in [0.25, 0.3) is 0 Å². The molecular weight excluding hydrogens is 330 g/mol. The molecule has 2 aromatic rings. The predicted octanol–water partition coefficient (Wildman–Crippen LogP) is 2.84. The Morgan fingerprint density at radius 1 is 1.04 bits per heavy atom. The van der Waals surface area contributed by atoms with Gasteiger partial charge in [0.15, 0.2) is 17.5 Å². The molecule has 0 bridgehead atoms. The summed E-state index contributed by atoms with van der Waals surface area (Å²) in [4.78, 5) is 4.39. The third-order valence-electron chi connectivity index (χ3n) is 3.92. The van der Waals surface area contributed by atoms with Crippen molar-refractivity contribution in [3.8, 4) is 11.5 Å². The Bertz CT molecular complexity index is 732. The summed E-state index contributed by atoms with van der Waals surface area (Å²) in [5, 5.41) is 3.15. The number of benzene rings is 2. The summed E-state index contributed by atoms with van der Waals surface area (Å²) in [7, 11) is 3.22. The summed E-state index contributed by atoms with van der Waals surface area (Å²) < 4.78 is 16.0. The number of hydrogen-bond donors (Lipinski definition) is 2. The fourth-order valence-corrected chi connectivity index (χ4v) is 2.48. The number of rotatable bonds is 9. The molecule has 0 spiro atoms. The molecule has 26 heavy (non-hydrogen) atoms. The number of methoxy groups -OCH3 is 2. The Hall–Kier alpha value is -2.73. The van der Waals surface area contributed by atoms with Gasteiger partial charge in [-0.2, -0.15) is 0 Å². The molecule has 3 N–H and O–H groups in total. The molecule has 0 aliphatic carbocycles. The van der Waals surface area contributed by atoms with Gasteiger partial charge in [-0.3, -0.25) is 0 Å². The lowest BCUT2D eigenvalue weighted by Gasteiger charge is -2.11. The Morgan fingerprint density at radius 2 is 1.77 bits per heavy atom. The number of aliphatic imine (C=N–C) groups is 1. The molecule has 0 aromatic heterocycles. The van der Waals surface area contributed by atoms with Gasteiger partial charge >= 0.3 is 0 Å². The Balaban J connectivity index is 1.95. The maximum atomic E-state index is 6.00. The average molecular weight is 357 g/mol. The van der Waals surface area contributed by atoms with Crippen molar-refractivity contribution in [3.63, 3.8) is 0 Å². The fraction of sp³-hybridized carbons (Fsp3) is 0.350. The van der Waals surface area contributed by atoms with Crippen LogP contribution in [0.25, 0.3) is 0 Å². The zero-order chi connectivity index (χ0) is 18.8. The molecule has 0 heterocycles. The minimum atomic E-state index is 0.394. The third-order valence-corrected chi connectivity index (χ3v) is 3.92. The van der Waals surface area contributed by atoms with Gasteiger partial charge in [0.1, 0.15) is 0 Å². The quantitative estimate of drug-likeness (QED) is 0.533. The second-order valence-corrected chi connectivity index (χ2v) is 5.65. The molecule has 0 aliphatic heterocycles. The van der Waals surface area contributed by atoms with Crippen molar-refractivity contribution in [3.05, 3.63) is 59.2 Å². The molecule has 140 valence electrons. The zero-order valence-electron chi connectivity index (χ0n) is 15.6. The van der Waals surface area contributed by atoms with Crippen LogP contribution in [0.1, 0.15) is 23.6 Å².